The fourth-order valence-corrected chi connectivity index (χ4v) is 5.70. The van der Waals surface area contributed by atoms with Gasteiger partial charge in [-0.05, 0) is 37.3 Å². The maximum atomic E-state index is 14.0. The van der Waals surface area contributed by atoms with E-state index in [1.165, 1.54) is 50.4 Å². The van der Waals surface area contributed by atoms with Crippen molar-refractivity contribution in [2.24, 2.45) is 0 Å². The van der Waals surface area contributed by atoms with Crippen LogP contribution in [0.25, 0.3) is 5.76 Å². The number of anilines is 1. The molecule has 0 radical (unpaired) electrons. The van der Waals surface area contributed by atoms with Gasteiger partial charge in [0.2, 0.25) is 10.0 Å². The summed E-state index contributed by atoms with van der Waals surface area (Å²) in [5, 5.41) is 11.4. The average molecular weight is 514 g/mol. The Kier molecular flexibility index (Phi) is 6.50. The first kappa shape index (κ1) is 25.5. The quantitative estimate of drug-likeness (QED) is 0.338. The van der Waals surface area contributed by atoms with E-state index in [1.54, 1.807) is 31.2 Å². The molecule has 0 bridgehead atoms. The number of benzene rings is 2. The van der Waals surface area contributed by atoms with Crippen molar-refractivity contribution in [3.05, 3.63) is 65.2 Å². The van der Waals surface area contributed by atoms with Crippen molar-refractivity contribution in [2.45, 2.75) is 17.4 Å². The summed E-state index contributed by atoms with van der Waals surface area (Å²) in [6.07, 6.45) is 0. The molecule has 0 saturated carbocycles. The summed E-state index contributed by atoms with van der Waals surface area (Å²) in [5.74, 6) is -3.03. The second-order valence-corrected chi connectivity index (χ2v) is 10.7. The highest BCUT2D eigenvalue weighted by Crippen LogP contribution is 2.53. The highest BCUT2D eigenvalue weighted by molar-refractivity contribution is 7.89. The fraction of sp³-hybridized carbons (Fsp3) is 0.320. The van der Waals surface area contributed by atoms with Crippen molar-refractivity contribution in [3.8, 4) is 0 Å². The molecule has 1 saturated heterocycles. The predicted octanol–water partition coefficient (Wildman–Crippen LogP) is 1.53. The largest absolute Gasteiger partial charge is 0.507 e. The minimum atomic E-state index is -3.73. The van der Waals surface area contributed by atoms with Gasteiger partial charge >= 0.3 is 0 Å². The molecule has 2 aliphatic rings. The number of likely N-dealkylation sites (N-methyl/N-ethyl adjacent to an activating group) is 1. The van der Waals surface area contributed by atoms with Crippen molar-refractivity contribution in [2.75, 3.05) is 45.8 Å². The van der Waals surface area contributed by atoms with E-state index in [0.29, 0.717) is 11.3 Å². The smallest absolute Gasteiger partial charge is 0.296 e. The van der Waals surface area contributed by atoms with E-state index in [-0.39, 0.29) is 35.7 Å². The van der Waals surface area contributed by atoms with Crippen LogP contribution in [0.1, 0.15) is 18.1 Å². The first-order valence-electron chi connectivity index (χ1n) is 11.3. The molecule has 1 unspecified atom stereocenters. The second kappa shape index (κ2) is 9.16. The number of hydrogen-bond donors (Lipinski definition) is 1. The van der Waals surface area contributed by atoms with Crippen LogP contribution < -0.4 is 4.90 Å². The van der Waals surface area contributed by atoms with E-state index in [4.69, 9.17) is 4.74 Å². The number of sulfonamides is 1. The number of rotatable bonds is 7. The highest BCUT2D eigenvalue weighted by Gasteiger charge is 2.66. The van der Waals surface area contributed by atoms with Crippen molar-refractivity contribution >= 4 is 39.1 Å². The molecule has 11 heteroatoms. The van der Waals surface area contributed by atoms with Crippen LogP contribution in [0.15, 0.2) is 59.0 Å². The molecule has 2 aliphatic heterocycles. The Morgan fingerprint density at radius 3 is 2.28 bits per heavy atom. The minimum absolute atomic E-state index is 0.0150. The van der Waals surface area contributed by atoms with Gasteiger partial charge in [0.25, 0.3) is 17.6 Å². The molecule has 1 N–H and O–H groups in total. The number of aliphatic hydroxyl groups excluding tert-OH is 1. The standard InChI is InChI=1S/C25H27N3O7S/c1-5-27-19-9-7-6-8-18(19)25(24(27)32)20(22(30)23(31)28(25)14-15-35-4)21(29)16-10-12-17(13-11-16)36(33,34)26(2)3/h6-13,29H,5,14-15H2,1-4H3/b21-20-. The number of methoxy groups -OCH3 is 1. The molecule has 1 atom stereocenters. The molecule has 2 amide bonds. The van der Waals surface area contributed by atoms with Crippen molar-refractivity contribution in [1.82, 2.24) is 9.21 Å². The van der Waals surface area contributed by atoms with Crippen molar-refractivity contribution in [1.29, 1.82) is 0 Å². The molecule has 36 heavy (non-hydrogen) atoms. The van der Waals surface area contributed by atoms with Gasteiger partial charge in [0.15, 0.2) is 5.54 Å². The van der Waals surface area contributed by atoms with Gasteiger partial charge in [0, 0.05) is 45.4 Å². The van der Waals surface area contributed by atoms with Gasteiger partial charge in [0.1, 0.15) is 5.76 Å². The lowest BCUT2D eigenvalue weighted by atomic mass is 9.82. The zero-order valence-electron chi connectivity index (χ0n) is 20.4. The van der Waals surface area contributed by atoms with Crippen LogP contribution in [0.3, 0.4) is 0 Å². The van der Waals surface area contributed by atoms with Crippen molar-refractivity contribution < 1.29 is 32.6 Å². The SMILES string of the molecule is CCN1C(=O)C2(/C(=C(\O)c3ccc(S(=O)(=O)N(C)C)cc3)C(=O)C(=O)N2CCOC)c2ccccc21. The van der Waals surface area contributed by atoms with Crippen LogP contribution in [0.5, 0.6) is 0 Å². The number of likely N-dealkylation sites (tertiary alicyclic amines) is 1. The Morgan fingerprint density at radius 2 is 1.69 bits per heavy atom. The van der Waals surface area contributed by atoms with Gasteiger partial charge in [-0.25, -0.2) is 12.7 Å². The topological polar surface area (TPSA) is 125 Å². The molecule has 1 spiro atoms. The van der Waals surface area contributed by atoms with Crippen LogP contribution in [-0.2, 0) is 34.7 Å². The lowest BCUT2D eigenvalue weighted by Gasteiger charge is -2.34. The first-order chi connectivity index (χ1) is 17.0. The number of amides is 2. The maximum Gasteiger partial charge on any atom is 0.296 e. The fourth-order valence-electron chi connectivity index (χ4n) is 4.80. The zero-order chi connectivity index (χ0) is 26.4. The van der Waals surface area contributed by atoms with Gasteiger partial charge in [-0.3, -0.25) is 14.4 Å². The van der Waals surface area contributed by atoms with E-state index in [0.717, 1.165) is 9.21 Å². The maximum absolute atomic E-state index is 14.0. The van der Waals surface area contributed by atoms with Crippen LogP contribution in [-0.4, -0.2) is 81.2 Å². The number of ketones is 1. The summed E-state index contributed by atoms with van der Waals surface area (Å²) in [7, 11) is 0.504. The van der Waals surface area contributed by atoms with Crippen LogP contribution in [0.4, 0.5) is 5.69 Å². The van der Waals surface area contributed by atoms with Crippen LogP contribution >= 0.6 is 0 Å². The number of ether oxygens (including phenoxy) is 1. The Morgan fingerprint density at radius 1 is 1.06 bits per heavy atom. The summed E-state index contributed by atoms with van der Waals surface area (Å²) in [6.45, 7) is 2.06. The molecule has 4 rings (SSSR count). The molecular weight excluding hydrogens is 486 g/mol. The normalized spacial score (nSPS) is 21.2. The number of aliphatic hydroxyl groups is 1. The zero-order valence-corrected chi connectivity index (χ0v) is 21.2. The van der Waals surface area contributed by atoms with E-state index in [1.807, 2.05) is 0 Å². The van der Waals surface area contributed by atoms with E-state index in [9.17, 15) is 27.9 Å². The molecule has 2 aromatic rings. The Bertz CT molecular complexity index is 1380. The third-order valence-electron chi connectivity index (χ3n) is 6.55. The van der Waals surface area contributed by atoms with Gasteiger partial charge < -0.3 is 19.6 Å². The Balaban J connectivity index is 1.99. The molecule has 0 aliphatic carbocycles. The highest BCUT2D eigenvalue weighted by atomic mass is 32.2. The molecule has 1 fully saturated rings. The number of para-hydroxylation sites is 1. The third-order valence-corrected chi connectivity index (χ3v) is 8.38. The van der Waals surface area contributed by atoms with Gasteiger partial charge in [-0.1, -0.05) is 18.2 Å². The first-order valence-corrected chi connectivity index (χ1v) is 12.7. The number of hydrogen-bond acceptors (Lipinski definition) is 7. The van der Waals surface area contributed by atoms with E-state index in [2.05, 4.69) is 0 Å². The van der Waals surface area contributed by atoms with Crippen LogP contribution in [0, 0.1) is 0 Å². The minimum Gasteiger partial charge on any atom is -0.507 e. The molecular formula is C25H27N3O7S. The predicted molar refractivity (Wildman–Crippen MR) is 132 cm³/mol. The molecule has 10 nitrogen and oxygen atoms in total. The number of nitrogens with zero attached hydrogens (tertiary/aromatic N) is 3. The summed E-state index contributed by atoms with van der Waals surface area (Å²) < 4.78 is 31.1. The summed E-state index contributed by atoms with van der Waals surface area (Å²) >= 11 is 0. The van der Waals surface area contributed by atoms with E-state index < -0.39 is 38.9 Å². The number of carbonyl (C=O) groups excluding carboxylic acids is 3. The molecule has 0 aromatic heterocycles. The summed E-state index contributed by atoms with van der Waals surface area (Å²) in [6, 6.07) is 12.1. The van der Waals surface area contributed by atoms with Crippen molar-refractivity contribution in [3.63, 3.8) is 0 Å². The van der Waals surface area contributed by atoms with Crippen LogP contribution in [0.2, 0.25) is 0 Å². The second-order valence-electron chi connectivity index (χ2n) is 8.59. The lowest BCUT2D eigenvalue weighted by molar-refractivity contribution is -0.144. The van der Waals surface area contributed by atoms with E-state index >= 15 is 0 Å². The molecule has 2 heterocycles. The lowest BCUT2D eigenvalue weighted by Crippen LogP contribution is -2.52. The molecule has 190 valence electrons. The summed E-state index contributed by atoms with van der Waals surface area (Å²) in [4.78, 5) is 43.3. The van der Waals surface area contributed by atoms with Gasteiger partial charge in [-0.15, -0.1) is 0 Å². The third kappa shape index (κ3) is 3.46. The number of fused-ring (bicyclic) bond motifs is 2. The number of carbonyl (C=O) groups is 3. The number of Topliss-reactive ketones (excluding diaryl/α,β-unsaturated/α-hetero) is 1. The van der Waals surface area contributed by atoms with Gasteiger partial charge in [-0.2, -0.15) is 0 Å². The van der Waals surface area contributed by atoms with Gasteiger partial charge in [0.05, 0.1) is 22.8 Å². The average Bonchev–Trinajstić information content (AvgIpc) is 3.24. The monoisotopic (exact) mass is 513 g/mol. The Labute approximate surface area is 209 Å². The Hall–Kier alpha value is -3.54. The molecule has 2 aromatic carbocycles. The summed E-state index contributed by atoms with van der Waals surface area (Å²) in [5.41, 5.74) is -1.21.